The van der Waals surface area contributed by atoms with Gasteiger partial charge in [-0.05, 0) is 97.6 Å². The van der Waals surface area contributed by atoms with Gasteiger partial charge in [0, 0.05) is 44.0 Å². The summed E-state index contributed by atoms with van der Waals surface area (Å²) in [5, 5.41) is 10.0. The Morgan fingerprint density at radius 2 is 0.957 bits per heavy atom. The lowest BCUT2D eigenvalue weighted by molar-refractivity contribution is 0.669. The molecule has 0 aliphatic carbocycles. The van der Waals surface area contributed by atoms with Crippen LogP contribution in [0.15, 0.2) is 241 Å². The van der Waals surface area contributed by atoms with Gasteiger partial charge in [-0.1, -0.05) is 182 Å². The molecule has 1 unspecified atom stereocenters. The second-order valence-electron chi connectivity index (χ2n) is 18.3. The number of rotatable bonds is 5. The van der Waals surface area contributed by atoms with Gasteiger partial charge in [-0.15, -0.1) is 0 Å². The smallest absolute Gasteiger partial charge is 0.238 e. The Hall–Kier alpha value is -9.17. The second-order valence-corrected chi connectivity index (χ2v) is 21.9. The van der Waals surface area contributed by atoms with Gasteiger partial charge < -0.3 is 8.98 Å². The van der Waals surface area contributed by atoms with E-state index in [1.807, 2.05) is 36.4 Å². The monoisotopic (exact) mass is 909 g/mol. The maximum absolute atomic E-state index is 6.61. The molecule has 7 heteroatoms. The first-order valence-electron chi connectivity index (χ1n) is 23.8. The van der Waals surface area contributed by atoms with Gasteiger partial charge in [0.2, 0.25) is 5.95 Å². The van der Waals surface area contributed by atoms with Gasteiger partial charge in [0.25, 0.3) is 0 Å². The van der Waals surface area contributed by atoms with Gasteiger partial charge in [0.1, 0.15) is 11.2 Å². The van der Waals surface area contributed by atoms with Crippen LogP contribution < -0.4 is 25.6 Å². The third-order valence-electron chi connectivity index (χ3n) is 14.6. The summed E-state index contributed by atoms with van der Waals surface area (Å²) in [5.41, 5.74) is 14.0. The molecule has 0 saturated carbocycles. The molecule has 5 heterocycles. The molecule has 6 nitrogen and oxygen atoms in total. The van der Waals surface area contributed by atoms with E-state index in [-0.39, 0.29) is 0 Å². The molecule has 0 N–H and O–H groups in total. The maximum atomic E-state index is 6.61. The lowest BCUT2D eigenvalue weighted by Crippen LogP contribution is -2.75. The van der Waals surface area contributed by atoms with Crippen LogP contribution in [0.3, 0.4) is 0 Å². The molecule has 2 aliphatic rings. The van der Waals surface area contributed by atoms with Crippen LogP contribution >= 0.6 is 0 Å². The highest BCUT2D eigenvalue weighted by Gasteiger charge is 2.55. The molecule has 13 aromatic rings. The quantitative estimate of drug-likeness (QED) is 0.161. The third kappa shape index (κ3) is 5.46. The van der Waals surface area contributed by atoms with E-state index in [9.17, 15) is 0 Å². The molecule has 3 aromatic heterocycles. The van der Waals surface area contributed by atoms with Gasteiger partial charge in [-0.3, -0.25) is 4.90 Å². The number of fused-ring (bicyclic) bond motifs is 16. The Bertz CT molecular complexity index is 4200. The standard InChI is InChI=1S/C63H39N5OSi/c1-4-18-40(19-5-1)61-64-62(41-20-6-2-7-21-41)66-63(65-61)68-51-28-14-17-31-56(51)70(55-30-16-12-26-47(55)60-58(70)37-35-54-59(60)46-25-11-15-29-53(46)69-54)57-36-33-43(39-52(57)68)42-32-34-50-48(38-42)45-24-10-13-27-49(45)67(50)44-22-8-3-9-23-44/h1-39H. The summed E-state index contributed by atoms with van der Waals surface area (Å²) in [5.74, 6) is 1.79. The third-order valence-corrected chi connectivity index (χ3v) is 19.6. The first-order valence-corrected chi connectivity index (χ1v) is 25.8. The molecular formula is C63H39N5OSi. The minimum absolute atomic E-state index is 0.562. The van der Waals surface area contributed by atoms with Crippen molar-refractivity contribution >= 4 is 89.9 Å². The van der Waals surface area contributed by atoms with Crippen LogP contribution in [-0.4, -0.2) is 27.6 Å². The molecule has 15 rings (SSSR count). The molecule has 326 valence electrons. The number of furan rings is 1. The van der Waals surface area contributed by atoms with E-state index in [1.165, 1.54) is 59.1 Å². The Morgan fingerprint density at radius 1 is 0.371 bits per heavy atom. The van der Waals surface area contributed by atoms with Crippen molar-refractivity contribution in [1.29, 1.82) is 0 Å². The Balaban J connectivity index is 1.04. The van der Waals surface area contributed by atoms with Crippen molar-refractivity contribution in [3.8, 4) is 50.7 Å². The average Bonchev–Trinajstić information content (AvgIpc) is 4.08. The molecule has 0 amide bonds. The van der Waals surface area contributed by atoms with E-state index in [0.717, 1.165) is 55.9 Å². The summed E-state index contributed by atoms with van der Waals surface area (Å²) in [6.07, 6.45) is 0. The number of hydrogen-bond acceptors (Lipinski definition) is 5. The van der Waals surface area contributed by atoms with Crippen molar-refractivity contribution < 1.29 is 4.42 Å². The van der Waals surface area contributed by atoms with Gasteiger partial charge >= 0.3 is 0 Å². The summed E-state index contributed by atoms with van der Waals surface area (Å²) in [6, 6.07) is 85.2. The lowest BCUT2D eigenvalue weighted by Gasteiger charge is -2.43. The Labute approximate surface area is 404 Å². The minimum Gasteiger partial charge on any atom is -0.456 e. The Morgan fingerprint density at radius 3 is 1.74 bits per heavy atom. The Kier molecular flexibility index (Phi) is 8.28. The summed E-state index contributed by atoms with van der Waals surface area (Å²) in [6.45, 7) is 0. The lowest BCUT2D eigenvalue weighted by atomic mass is 10.00. The molecule has 0 radical (unpaired) electrons. The molecule has 10 aromatic carbocycles. The van der Waals surface area contributed by atoms with Crippen LogP contribution in [0, 0.1) is 0 Å². The molecule has 0 bridgehead atoms. The number of benzene rings is 10. The van der Waals surface area contributed by atoms with Crippen LogP contribution in [0.4, 0.5) is 17.3 Å². The van der Waals surface area contributed by atoms with Crippen molar-refractivity contribution in [3.63, 3.8) is 0 Å². The summed E-state index contributed by atoms with van der Waals surface area (Å²) in [7, 11) is -3.11. The minimum atomic E-state index is -3.11. The van der Waals surface area contributed by atoms with E-state index >= 15 is 0 Å². The largest absolute Gasteiger partial charge is 0.456 e. The fourth-order valence-electron chi connectivity index (χ4n) is 11.8. The number of nitrogens with zero attached hydrogens (tertiary/aromatic N) is 5. The van der Waals surface area contributed by atoms with E-state index in [2.05, 4.69) is 210 Å². The fourth-order valence-corrected chi connectivity index (χ4v) is 17.3. The predicted molar refractivity (Wildman–Crippen MR) is 289 cm³/mol. The molecule has 1 spiro atoms. The zero-order valence-electron chi connectivity index (χ0n) is 37.7. The fraction of sp³-hybridized carbons (Fsp3) is 0. The van der Waals surface area contributed by atoms with Crippen molar-refractivity contribution in [3.05, 3.63) is 237 Å². The van der Waals surface area contributed by atoms with Gasteiger partial charge in [0.05, 0.1) is 16.7 Å². The van der Waals surface area contributed by atoms with Gasteiger partial charge in [-0.2, -0.15) is 9.97 Å². The number of anilines is 3. The van der Waals surface area contributed by atoms with E-state index < -0.39 is 8.07 Å². The average molecular weight is 910 g/mol. The highest BCUT2D eigenvalue weighted by molar-refractivity contribution is 7.23. The summed E-state index contributed by atoms with van der Waals surface area (Å²) in [4.78, 5) is 18.3. The van der Waals surface area contributed by atoms with Crippen LogP contribution in [-0.2, 0) is 0 Å². The summed E-state index contributed by atoms with van der Waals surface area (Å²) >= 11 is 0. The highest BCUT2D eigenvalue weighted by Crippen LogP contribution is 2.46. The first kappa shape index (κ1) is 38.9. The summed E-state index contributed by atoms with van der Waals surface area (Å²) < 4.78 is 8.98. The molecular weight excluding hydrogens is 871 g/mol. The van der Waals surface area contributed by atoms with Crippen LogP contribution in [0.25, 0.3) is 94.5 Å². The van der Waals surface area contributed by atoms with Crippen molar-refractivity contribution in [2.45, 2.75) is 0 Å². The van der Waals surface area contributed by atoms with Crippen LogP contribution in [0.1, 0.15) is 0 Å². The molecule has 70 heavy (non-hydrogen) atoms. The maximum Gasteiger partial charge on any atom is 0.238 e. The van der Waals surface area contributed by atoms with E-state index in [0.29, 0.717) is 17.6 Å². The van der Waals surface area contributed by atoms with Gasteiger partial charge in [0.15, 0.2) is 19.7 Å². The first-order chi connectivity index (χ1) is 34.7. The molecule has 0 saturated heterocycles. The number of hydrogen-bond donors (Lipinski definition) is 0. The molecule has 0 fully saturated rings. The van der Waals surface area contributed by atoms with Crippen LogP contribution in [0.5, 0.6) is 0 Å². The SMILES string of the molecule is c1ccc(-c2nc(-c3ccccc3)nc(N3c4ccccc4[Si]4(c5ccccc5-c5c4ccc4oc6ccccc6c54)c4ccc(-c5ccc6c(c5)c5ccccc5n6-c5ccccc5)cc43)n2)cc1. The van der Waals surface area contributed by atoms with Crippen molar-refractivity contribution in [2.24, 2.45) is 0 Å². The van der Waals surface area contributed by atoms with Crippen molar-refractivity contribution in [1.82, 2.24) is 19.5 Å². The normalized spacial score (nSPS) is 14.6. The zero-order chi connectivity index (χ0) is 45.9. The zero-order valence-corrected chi connectivity index (χ0v) is 38.7. The van der Waals surface area contributed by atoms with Crippen LogP contribution in [0.2, 0.25) is 0 Å². The van der Waals surface area contributed by atoms with Crippen molar-refractivity contribution in [2.75, 3.05) is 4.90 Å². The molecule has 2 aliphatic heterocycles. The topological polar surface area (TPSA) is 60.0 Å². The second kappa shape index (κ2) is 14.9. The van der Waals surface area contributed by atoms with E-state index in [1.54, 1.807) is 0 Å². The highest BCUT2D eigenvalue weighted by atomic mass is 28.3. The van der Waals surface area contributed by atoms with E-state index in [4.69, 9.17) is 19.4 Å². The number of aromatic nitrogens is 4. The predicted octanol–water partition coefficient (Wildman–Crippen LogP) is 13.0. The number of para-hydroxylation sites is 4. The van der Waals surface area contributed by atoms with Gasteiger partial charge in [-0.25, -0.2) is 4.98 Å². The molecule has 1 atom stereocenters.